The van der Waals surface area contributed by atoms with E-state index in [1.165, 1.54) is 12.1 Å². The van der Waals surface area contributed by atoms with Gasteiger partial charge in [-0.15, -0.1) is 0 Å². The number of rotatable bonds is 11. The van der Waals surface area contributed by atoms with Crippen molar-refractivity contribution < 1.29 is 28.4 Å². The van der Waals surface area contributed by atoms with E-state index in [4.69, 9.17) is 18.9 Å². The smallest absolute Gasteiger partial charge is 0.161 e. The van der Waals surface area contributed by atoms with Crippen molar-refractivity contribution in [3.05, 3.63) is 72.1 Å². The molecule has 0 radical (unpaired) electrons. The quantitative estimate of drug-likeness (QED) is 0.434. The first-order valence-electron chi connectivity index (χ1n) is 12.2. The molecule has 1 aromatic heterocycles. The number of aliphatic hydroxyl groups is 1. The van der Waals surface area contributed by atoms with Crippen molar-refractivity contribution in [1.82, 2.24) is 14.5 Å². The molecule has 194 valence electrons. The Morgan fingerprint density at radius 1 is 1.17 bits per heavy atom. The first kappa shape index (κ1) is 25.9. The minimum absolute atomic E-state index is 0.00206. The van der Waals surface area contributed by atoms with Crippen LogP contribution in [0.2, 0.25) is 0 Å². The molecule has 1 N–H and O–H groups in total. The molecule has 3 aromatic rings. The number of aromatic nitrogens is 2. The van der Waals surface area contributed by atoms with E-state index in [9.17, 15) is 9.50 Å². The Bertz CT molecular complexity index is 1120. The number of hydrogen-bond acceptors (Lipinski definition) is 7. The van der Waals surface area contributed by atoms with Crippen molar-refractivity contribution >= 4 is 0 Å². The monoisotopic (exact) mass is 499 g/mol. The zero-order chi connectivity index (χ0) is 25.4. The lowest BCUT2D eigenvalue weighted by atomic mass is 10.1. The van der Waals surface area contributed by atoms with Crippen LogP contribution in [0, 0.1) is 5.82 Å². The summed E-state index contributed by atoms with van der Waals surface area (Å²) in [6, 6.07) is 11.8. The van der Waals surface area contributed by atoms with Gasteiger partial charge in [-0.3, -0.25) is 4.90 Å². The lowest BCUT2D eigenvalue weighted by molar-refractivity contribution is -0.0647. The zero-order valence-corrected chi connectivity index (χ0v) is 20.9. The highest BCUT2D eigenvalue weighted by Crippen LogP contribution is 2.29. The normalized spacial score (nSPS) is 18.6. The molecule has 36 heavy (non-hydrogen) atoms. The summed E-state index contributed by atoms with van der Waals surface area (Å²) in [5.41, 5.74) is -0.200. The SMILES string of the molecule is CCc1nccn1CCOc1cc(CN2CCOC[C@@](O)(COc3cccc(F)c3)C2)ccc1OC. The number of ether oxygens (including phenoxy) is 4. The van der Waals surface area contributed by atoms with Crippen molar-refractivity contribution in [1.29, 1.82) is 0 Å². The first-order valence-corrected chi connectivity index (χ1v) is 12.2. The molecule has 4 rings (SSSR count). The van der Waals surface area contributed by atoms with Gasteiger partial charge in [-0.1, -0.05) is 19.1 Å². The summed E-state index contributed by atoms with van der Waals surface area (Å²) < 4.78 is 38.5. The van der Waals surface area contributed by atoms with Gasteiger partial charge in [-0.05, 0) is 29.8 Å². The third kappa shape index (κ3) is 6.96. The first-order chi connectivity index (χ1) is 17.5. The average molecular weight is 500 g/mol. The van der Waals surface area contributed by atoms with Gasteiger partial charge >= 0.3 is 0 Å². The molecule has 0 aliphatic carbocycles. The maximum atomic E-state index is 13.5. The van der Waals surface area contributed by atoms with Gasteiger partial charge in [0.2, 0.25) is 0 Å². The Morgan fingerprint density at radius 3 is 2.86 bits per heavy atom. The van der Waals surface area contributed by atoms with E-state index >= 15 is 0 Å². The fourth-order valence-electron chi connectivity index (χ4n) is 4.30. The Morgan fingerprint density at radius 2 is 2.06 bits per heavy atom. The molecule has 9 heteroatoms. The second-order valence-corrected chi connectivity index (χ2v) is 8.96. The third-order valence-corrected chi connectivity index (χ3v) is 6.09. The zero-order valence-electron chi connectivity index (χ0n) is 20.9. The Balaban J connectivity index is 1.38. The van der Waals surface area contributed by atoms with Crippen LogP contribution in [-0.4, -0.2) is 71.8 Å². The molecule has 0 unspecified atom stereocenters. The maximum absolute atomic E-state index is 13.5. The number of hydrogen-bond donors (Lipinski definition) is 1. The summed E-state index contributed by atoms with van der Waals surface area (Å²) in [7, 11) is 1.62. The highest BCUT2D eigenvalue weighted by molar-refractivity contribution is 5.43. The summed E-state index contributed by atoms with van der Waals surface area (Å²) in [4.78, 5) is 6.47. The molecule has 8 nitrogen and oxygen atoms in total. The van der Waals surface area contributed by atoms with E-state index in [1.807, 2.05) is 24.4 Å². The van der Waals surface area contributed by atoms with Gasteiger partial charge in [-0.2, -0.15) is 0 Å². The van der Waals surface area contributed by atoms with Crippen LogP contribution in [0.25, 0.3) is 0 Å². The molecule has 1 aliphatic heterocycles. The number of halogens is 1. The number of nitrogens with zero attached hydrogens (tertiary/aromatic N) is 3. The largest absolute Gasteiger partial charge is 0.493 e. The molecular weight excluding hydrogens is 465 g/mol. The maximum Gasteiger partial charge on any atom is 0.161 e. The van der Waals surface area contributed by atoms with Crippen molar-refractivity contribution in [2.45, 2.75) is 32.0 Å². The molecular formula is C27H34FN3O5. The molecule has 1 aliphatic rings. The standard InChI is InChI=1S/C27H34FN3O5/c1-3-26-29-9-10-31(26)12-14-35-25-15-21(7-8-24(25)33-2)17-30-11-13-34-19-27(32,18-30)20-36-23-6-4-5-22(28)16-23/h4-10,15-16,32H,3,11-14,17-20H2,1-2H3/t27-/m1/s1. The second kappa shape index (κ2) is 12.2. The van der Waals surface area contributed by atoms with Gasteiger partial charge in [0.1, 0.15) is 36.2 Å². The summed E-state index contributed by atoms with van der Waals surface area (Å²) in [6.45, 7) is 5.49. The summed E-state index contributed by atoms with van der Waals surface area (Å²) >= 11 is 0. The van der Waals surface area contributed by atoms with Crippen LogP contribution in [0.15, 0.2) is 54.9 Å². The number of β-amino-alcohol motifs (C(OH)–C–C–N with tert-alkyl or cyclic N) is 1. The Labute approximate surface area is 211 Å². The van der Waals surface area contributed by atoms with Crippen LogP contribution in [-0.2, 0) is 24.2 Å². The highest BCUT2D eigenvalue weighted by atomic mass is 19.1. The van der Waals surface area contributed by atoms with Crippen molar-refractivity contribution in [3.8, 4) is 17.2 Å². The molecule has 0 bridgehead atoms. The number of aryl methyl sites for hydroxylation is 1. The predicted molar refractivity (Wildman–Crippen MR) is 133 cm³/mol. The predicted octanol–water partition coefficient (Wildman–Crippen LogP) is 3.31. The van der Waals surface area contributed by atoms with Crippen LogP contribution in [0.5, 0.6) is 17.2 Å². The molecule has 0 amide bonds. The average Bonchev–Trinajstić information content (AvgIpc) is 3.25. The van der Waals surface area contributed by atoms with Gasteiger partial charge < -0.3 is 28.6 Å². The van der Waals surface area contributed by atoms with Gasteiger partial charge in [0, 0.05) is 44.5 Å². The van der Waals surface area contributed by atoms with Crippen LogP contribution in [0.3, 0.4) is 0 Å². The Kier molecular flexibility index (Phi) is 8.79. The number of benzene rings is 2. The van der Waals surface area contributed by atoms with Crippen molar-refractivity contribution in [2.75, 3.05) is 46.6 Å². The van der Waals surface area contributed by atoms with E-state index in [-0.39, 0.29) is 19.0 Å². The van der Waals surface area contributed by atoms with E-state index < -0.39 is 5.60 Å². The van der Waals surface area contributed by atoms with Crippen LogP contribution < -0.4 is 14.2 Å². The molecule has 1 atom stereocenters. The molecule has 0 saturated carbocycles. The van der Waals surface area contributed by atoms with E-state index in [2.05, 4.69) is 21.4 Å². The third-order valence-electron chi connectivity index (χ3n) is 6.09. The van der Waals surface area contributed by atoms with Crippen molar-refractivity contribution in [2.24, 2.45) is 0 Å². The minimum atomic E-state index is -1.23. The molecule has 2 heterocycles. The second-order valence-electron chi connectivity index (χ2n) is 8.96. The minimum Gasteiger partial charge on any atom is -0.493 e. The molecule has 1 saturated heterocycles. The van der Waals surface area contributed by atoms with Gasteiger partial charge in [0.25, 0.3) is 0 Å². The topological polar surface area (TPSA) is 78.2 Å². The number of methoxy groups -OCH3 is 1. The number of imidazole rings is 1. The summed E-state index contributed by atoms with van der Waals surface area (Å²) in [5, 5.41) is 11.2. The van der Waals surface area contributed by atoms with Gasteiger partial charge in [0.15, 0.2) is 11.5 Å². The fourth-order valence-corrected chi connectivity index (χ4v) is 4.30. The van der Waals surface area contributed by atoms with E-state index in [1.54, 1.807) is 25.4 Å². The molecule has 1 fully saturated rings. The lowest BCUT2D eigenvalue weighted by Crippen LogP contribution is -2.48. The molecule has 0 spiro atoms. The van der Waals surface area contributed by atoms with Gasteiger partial charge in [-0.25, -0.2) is 9.37 Å². The lowest BCUT2D eigenvalue weighted by Gasteiger charge is -2.30. The van der Waals surface area contributed by atoms with E-state index in [0.29, 0.717) is 56.6 Å². The highest BCUT2D eigenvalue weighted by Gasteiger charge is 2.33. The summed E-state index contributed by atoms with van der Waals surface area (Å²) in [6.07, 6.45) is 4.62. The van der Waals surface area contributed by atoms with Crippen LogP contribution >= 0.6 is 0 Å². The van der Waals surface area contributed by atoms with Crippen molar-refractivity contribution in [3.63, 3.8) is 0 Å². The van der Waals surface area contributed by atoms with E-state index in [0.717, 1.165) is 17.8 Å². The van der Waals surface area contributed by atoms with Gasteiger partial charge in [0.05, 0.1) is 26.9 Å². The Hall–Kier alpha value is -3.14. The van der Waals surface area contributed by atoms with Crippen LogP contribution in [0.1, 0.15) is 18.3 Å². The van der Waals surface area contributed by atoms with Crippen LogP contribution in [0.4, 0.5) is 4.39 Å². The fraction of sp³-hybridized carbons (Fsp3) is 0.444. The molecule has 2 aromatic carbocycles. The summed E-state index contributed by atoms with van der Waals surface area (Å²) in [5.74, 6) is 2.35.